The molecule has 0 heterocycles. The molecule has 0 saturated heterocycles. The first-order valence-corrected chi connectivity index (χ1v) is 6.92. The van der Waals surface area contributed by atoms with Crippen molar-refractivity contribution < 1.29 is 13.9 Å². The fourth-order valence-corrected chi connectivity index (χ4v) is 2.39. The predicted molar refractivity (Wildman–Crippen MR) is 79.9 cm³/mol. The van der Waals surface area contributed by atoms with Crippen molar-refractivity contribution in [3.8, 4) is 5.75 Å². The highest BCUT2D eigenvalue weighted by Crippen LogP contribution is 2.24. The predicted octanol–water partition coefficient (Wildman–Crippen LogP) is 4.33. The molecule has 0 saturated carbocycles. The number of methoxy groups -OCH3 is 1. The normalized spacial score (nSPS) is 10.4. The second-order valence-corrected chi connectivity index (χ2v) is 5.44. The number of benzene rings is 2. The summed E-state index contributed by atoms with van der Waals surface area (Å²) in [7, 11) is 1.57. The van der Waals surface area contributed by atoms with Gasteiger partial charge in [-0.3, -0.25) is 4.79 Å². The van der Waals surface area contributed by atoms with Crippen molar-refractivity contribution in [2.45, 2.75) is 13.3 Å². The summed E-state index contributed by atoms with van der Waals surface area (Å²) in [6, 6.07) is 9.92. The lowest BCUT2D eigenvalue weighted by Crippen LogP contribution is -2.06. The Morgan fingerprint density at radius 3 is 2.65 bits per heavy atom. The van der Waals surface area contributed by atoms with Crippen molar-refractivity contribution >= 4 is 21.7 Å². The number of ether oxygens (including phenoxy) is 1. The van der Waals surface area contributed by atoms with Gasteiger partial charge >= 0.3 is 0 Å². The molecule has 20 heavy (non-hydrogen) atoms. The number of Topliss-reactive ketones (excluding diaryl/α,β-unsaturated/α-hetero) is 1. The molecule has 0 bridgehead atoms. The molecule has 0 aliphatic carbocycles. The zero-order valence-corrected chi connectivity index (χ0v) is 12.8. The van der Waals surface area contributed by atoms with E-state index in [2.05, 4.69) is 15.9 Å². The molecule has 0 aliphatic heterocycles. The number of carbonyl (C=O) groups is 1. The first kappa shape index (κ1) is 14.7. The molecule has 0 aromatic heterocycles. The van der Waals surface area contributed by atoms with Crippen LogP contribution in [0, 0.1) is 12.7 Å². The maximum atomic E-state index is 13.2. The Morgan fingerprint density at radius 2 is 2.00 bits per heavy atom. The Bertz CT molecular complexity index is 653. The quantitative estimate of drug-likeness (QED) is 0.776. The molecule has 0 N–H and O–H groups in total. The van der Waals surface area contributed by atoms with Crippen LogP contribution in [0.3, 0.4) is 0 Å². The highest BCUT2D eigenvalue weighted by Gasteiger charge is 2.12. The fraction of sp³-hybridized carbons (Fsp3) is 0.188. The third-order valence-electron chi connectivity index (χ3n) is 3.07. The molecule has 104 valence electrons. The SMILES string of the molecule is COc1ccc(Br)cc1CC(=O)c1ccc(F)c(C)c1. The highest BCUT2D eigenvalue weighted by atomic mass is 79.9. The van der Waals surface area contributed by atoms with Crippen molar-refractivity contribution in [1.82, 2.24) is 0 Å². The molecular weight excluding hydrogens is 323 g/mol. The number of halogens is 2. The summed E-state index contributed by atoms with van der Waals surface area (Å²) in [5.74, 6) is 0.298. The van der Waals surface area contributed by atoms with E-state index in [1.165, 1.54) is 12.1 Å². The van der Waals surface area contributed by atoms with Crippen LogP contribution < -0.4 is 4.74 Å². The van der Waals surface area contributed by atoms with E-state index in [9.17, 15) is 9.18 Å². The molecule has 2 rings (SSSR count). The Morgan fingerprint density at radius 1 is 1.25 bits per heavy atom. The molecule has 0 fully saturated rings. The van der Waals surface area contributed by atoms with Gasteiger partial charge in [-0.25, -0.2) is 4.39 Å². The van der Waals surface area contributed by atoms with Crippen molar-refractivity contribution in [2.75, 3.05) is 7.11 Å². The van der Waals surface area contributed by atoms with Gasteiger partial charge in [-0.05, 0) is 48.9 Å². The summed E-state index contributed by atoms with van der Waals surface area (Å²) < 4.78 is 19.4. The first-order chi connectivity index (χ1) is 9.51. The molecule has 4 heteroatoms. The summed E-state index contributed by atoms with van der Waals surface area (Å²) in [6.45, 7) is 1.64. The van der Waals surface area contributed by atoms with E-state index in [1.54, 1.807) is 20.1 Å². The van der Waals surface area contributed by atoms with Crippen LogP contribution in [-0.4, -0.2) is 12.9 Å². The second kappa shape index (κ2) is 6.18. The Kier molecular flexibility index (Phi) is 4.55. The van der Waals surface area contributed by atoms with Crippen molar-refractivity contribution in [3.05, 3.63) is 63.4 Å². The average molecular weight is 337 g/mol. The molecule has 0 unspecified atom stereocenters. The van der Waals surface area contributed by atoms with Gasteiger partial charge in [0.15, 0.2) is 5.78 Å². The lowest BCUT2D eigenvalue weighted by atomic mass is 10.0. The van der Waals surface area contributed by atoms with Gasteiger partial charge in [0.1, 0.15) is 11.6 Å². The van der Waals surface area contributed by atoms with Gasteiger partial charge in [0.25, 0.3) is 0 Å². The van der Waals surface area contributed by atoms with Gasteiger partial charge < -0.3 is 4.74 Å². The zero-order chi connectivity index (χ0) is 14.7. The number of aryl methyl sites for hydroxylation is 1. The number of hydrogen-bond acceptors (Lipinski definition) is 2. The van der Waals surface area contributed by atoms with Gasteiger partial charge in [-0.15, -0.1) is 0 Å². The average Bonchev–Trinajstić information content (AvgIpc) is 2.42. The molecule has 2 nitrogen and oxygen atoms in total. The van der Waals surface area contributed by atoms with Crippen LogP contribution in [-0.2, 0) is 6.42 Å². The van der Waals surface area contributed by atoms with E-state index in [-0.39, 0.29) is 18.0 Å². The minimum atomic E-state index is -0.304. The van der Waals surface area contributed by atoms with E-state index in [1.807, 2.05) is 18.2 Å². The van der Waals surface area contributed by atoms with Gasteiger partial charge in [0.2, 0.25) is 0 Å². The maximum Gasteiger partial charge on any atom is 0.167 e. The molecule has 0 radical (unpaired) electrons. The van der Waals surface area contributed by atoms with Gasteiger partial charge in [-0.2, -0.15) is 0 Å². The summed E-state index contributed by atoms with van der Waals surface area (Å²) in [5, 5.41) is 0. The smallest absolute Gasteiger partial charge is 0.167 e. The molecule has 0 aliphatic rings. The van der Waals surface area contributed by atoms with Crippen molar-refractivity contribution in [2.24, 2.45) is 0 Å². The van der Waals surface area contributed by atoms with E-state index >= 15 is 0 Å². The number of carbonyl (C=O) groups excluding carboxylic acids is 1. The molecule has 2 aromatic carbocycles. The lowest BCUT2D eigenvalue weighted by Gasteiger charge is -2.09. The largest absolute Gasteiger partial charge is 0.496 e. The third-order valence-corrected chi connectivity index (χ3v) is 3.57. The summed E-state index contributed by atoms with van der Waals surface area (Å²) in [6.07, 6.45) is 0.216. The Labute approximate surface area is 125 Å². The Balaban J connectivity index is 2.27. The zero-order valence-electron chi connectivity index (χ0n) is 11.2. The van der Waals surface area contributed by atoms with E-state index in [0.717, 1.165) is 10.0 Å². The first-order valence-electron chi connectivity index (χ1n) is 6.13. The lowest BCUT2D eigenvalue weighted by molar-refractivity contribution is 0.0992. The van der Waals surface area contributed by atoms with Crippen LogP contribution in [0.2, 0.25) is 0 Å². The van der Waals surface area contributed by atoms with Crippen molar-refractivity contribution in [3.63, 3.8) is 0 Å². The summed E-state index contributed by atoms with van der Waals surface area (Å²) in [4.78, 5) is 12.3. The van der Waals surface area contributed by atoms with Crippen LogP contribution in [0.1, 0.15) is 21.5 Å². The second-order valence-electron chi connectivity index (χ2n) is 4.52. The molecule has 2 aromatic rings. The van der Waals surface area contributed by atoms with E-state index in [4.69, 9.17) is 4.74 Å². The molecule has 0 spiro atoms. The van der Waals surface area contributed by atoms with Gasteiger partial charge in [0.05, 0.1) is 7.11 Å². The molecule has 0 atom stereocenters. The van der Waals surface area contributed by atoms with E-state index < -0.39 is 0 Å². The van der Waals surface area contributed by atoms with Crippen LogP contribution in [0.15, 0.2) is 40.9 Å². The van der Waals surface area contributed by atoms with Crippen LogP contribution >= 0.6 is 15.9 Å². The molecule has 0 amide bonds. The summed E-state index contributed by atoms with van der Waals surface area (Å²) in [5.41, 5.74) is 1.77. The maximum absolute atomic E-state index is 13.2. The number of ketones is 1. The molecular formula is C16H14BrFO2. The number of hydrogen-bond donors (Lipinski definition) is 0. The summed E-state index contributed by atoms with van der Waals surface area (Å²) >= 11 is 3.38. The monoisotopic (exact) mass is 336 g/mol. The number of rotatable bonds is 4. The van der Waals surface area contributed by atoms with Crippen LogP contribution in [0.25, 0.3) is 0 Å². The minimum absolute atomic E-state index is 0.0653. The highest BCUT2D eigenvalue weighted by molar-refractivity contribution is 9.10. The van der Waals surface area contributed by atoms with Gasteiger partial charge in [-0.1, -0.05) is 15.9 Å². The van der Waals surface area contributed by atoms with Crippen LogP contribution in [0.4, 0.5) is 4.39 Å². The van der Waals surface area contributed by atoms with Crippen LogP contribution in [0.5, 0.6) is 5.75 Å². The van der Waals surface area contributed by atoms with E-state index in [0.29, 0.717) is 16.9 Å². The minimum Gasteiger partial charge on any atom is -0.496 e. The van der Waals surface area contributed by atoms with Crippen molar-refractivity contribution in [1.29, 1.82) is 0 Å². The van der Waals surface area contributed by atoms with Gasteiger partial charge in [0, 0.05) is 22.0 Å². The topological polar surface area (TPSA) is 26.3 Å². The standard InChI is InChI=1S/C16H14BrFO2/c1-10-7-11(3-5-14(10)18)15(19)9-12-8-13(17)4-6-16(12)20-2/h3-8H,9H2,1-2H3. The third kappa shape index (κ3) is 3.25. The fourth-order valence-electron chi connectivity index (χ4n) is 1.98. The Hall–Kier alpha value is -1.68.